The van der Waals surface area contributed by atoms with Gasteiger partial charge in [-0.05, 0) is 67.6 Å². The van der Waals surface area contributed by atoms with E-state index in [-0.39, 0.29) is 5.91 Å². The van der Waals surface area contributed by atoms with E-state index < -0.39 is 0 Å². The molecule has 2 heterocycles. The molecule has 2 aromatic rings. The van der Waals surface area contributed by atoms with Crippen LogP contribution in [0, 0.1) is 0 Å². The lowest BCUT2D eigenvalue weighted by Crippen LogP contribution is -2.38. The van der Waals surface area contributed by atoms with Crippen LogP contribution in [0.15, 0.2) is 46.3 Å². The number of likely N-dealkylation sites (tertiary alicyclic amines) is 1. The Hall–Kier alpha value is -1.17. The lowest BCUT2D eigenvalue weighted by atomic mass is 9.95. The molecule has 3 nitrogen and oxygen atoms in total. The molecule has 1 N–H and O–H groups in total. The van der Waals surface area contributed by atoms with Crippen LogP contribution in [-0.2, 0) is 4.79 Å². The molecule has 1 amide bonds. The van der Waals surface area contributed by atoms with Gasteiger partial charge in [-0.1, -0.05) is 22.0 Å². The van der Waals surface area contributed by atoms with E-state index in [1.54, 1.807) is 0 Å². The molecule has 22 heavy (non-hydrogen) atoms. The molecule has 0 radical (unpaired) electrons. The number of anilines is 1. The van der Waals surface area contributed by atoms with E-state index in [4.69, 9.17) is 0 Å². The highest BCUT2D eigenvalue weighted by molar-refractivity contribution is 9.10. The van der Waals surface area contributed by atoms with E-state index in [0.717, 1.165) is 36.1 Å². The Morgan fingerprint density at radius 2 is 1.95 bits per heavy atom. The van der Waals surface area contributed by atoms with Gasteiger partial charge in [-0.2, -0.15) is 0 Å². The predicted molar refractivity (Wildman–Crippen MR) is 95.5 cm³/mol. The van der Waals surface area contributed by atoms with Gasteiger partial charge in [0.1, 0.15) is 0 Å². The molecule has 0 saturated carbocycles. The van der Waals surface area contributed by atoms with Gasteiger partial charge in [0.05, 0.1) is 6.54 Å². The second-order valence-electron chi connectivity index (χ2n) is 5.62. The van der Waals surface area contributed by atoms with Crippen molar-refractivity contribution in [3.8, 4) is 0 Å². The molecule has 5 heteroatoms. The molecule has 1 fully saturated rings. The molecule has 1 aliphatic heterocycles. The second kappa shape index (κ2) is 7.40. The van der Waals surface area contributed by atoms with Crippen molar-refractivity contribution in [2.75, 3.05) is 25.0 Å². The van der Waals surface area contributed by atoms with Crippen LogP contribution >= 0.6 is 27.3 Å². The number of benzene rings is 1. The van der Waals surface area contributed by atoms with Crippen LogP contribution < -0.4 is 5.32 Å². The molecule has 1 aromatic heterocycles. The van der Waals surface area contributed by atoms with Crippen LogP contribution in [-0.4, -0.2) is 30.4 Å². The third-order valence-corrected chi connectivity index (χ3v) is 5.59. The zero-order chi connectivity index (χ0) is 15.4. The summed E-state index contributed by atoms with van der Waals surface area (Å²) in [4.78, 5) is 15.8. The van der Waals surface area contributed by atoms with Crippen LogP contribution in [0.5, 0.6) is 0 Å². The van der Waals surface area contributed by atoms with Gasteiger partial charge < -0.3 is 5.32 Å². The quantitative estimate of drug-likeness (QED) is 0.858. The average Bonchev–Trinajstić information content (AvgIpc) is 3.05. The van der Waals surface area contributed by atoms with Crippen LogP contribution in [0.2, 0.25) is 0 Å². The molecular weight excluding hydrogens is 360 g/mol. The molecule has 1 aliphatic rings. The Kier molecular flexibility index (Phi) is 5.28. The van der Waals surface area contributed by atoms with Crippen molar-refractivity contribution in [1.29, 1.82) is 0 Å². The smallest absolute Gasteiger partial charge is 0.238 e. The van der Waals surface area contributed by atoms with Crippen LogP contribution in [0.25, 0.3) is 0 Å². The third kappa shape index (κ3) is 4.18. The van der Waals surface area contributed by atoms with E-state index in [1.165, 1.54) is 4.88 Å². The maximum absolute atomic E-state index is 12.1. The molecular formula is C17H19BrN2OS. The minimum Gasteiger partial charge on any atom is -0.325 e. The monoisotopic (exact) mass is 378 g/mol. The Bertz CT molecular complexity index is 604. The van der Waals surface area contributed by atoms with Crippen molar-refractivity contribution in [2.45, 2.75) is 18.8 Å². The largest absolute Gasteiger partial charge is 0.325 e. The Morgan fingerprint density at radius 3 is 2.59 bits per heavy atom. The summed E-state index contributed by atoms with van der Waals surface area (Å²) in [6.45, 7) is 2.47. The van der Waals surface area contributed by atoms with Gasteiger partial charge in [0, 0.05) is 15.0 Å². The molecule has 1 aromatic carbocycles. The summed E-state index contributed by atoms with van der Waals surface area (Å²) in [6, 6.07) is 12.0. The summed E-state index contributed by atoms with van der Waals surface area (Å²) < 4.78 is 1.01. The van der Waals surface area contributed by atoms with Crippen molar-refractivity contribution in [3.63, 3.8) is 0 Å². The standard InChI is InChI=1S/C17H19BrN2OS/c18-14-3-5-15(6-4-14)19-17(21)12-20-9-7-13(8-10-20)16-2-1-11-22-16/h1-6,11,13H,7-10,12H2,(H,19,21). The van der Waals surface area contributed by atoms with Gasteiger partial charge in [0.25, 0.3) is 0 Å². The number of hydrogen-bond donors (Lipinski definition) is 1. The topological polar surface area (TPSA) is 32.3 Å². The van der Waals surface area contributed by atoms with E-state index in [0.29, 0.717) is 12.5 Å². The fourth-order valence-corrected chi connectivity index (χ4v) is 4.00. The maximum atomic E-state index is 12.1. The minimum absolute atomic E-state index is 0.0666. The number of carbonyl (C=O) groups excluding carboxylic acids is 1. The SMILES string of the molecule is O=C(CN1CCC(c2cccs2)CC1)Nc1ccc(Br)cc1. The highest BCUT2D eigenvalue weighted by Gasteiger charge is 2.22. The second-order valence-corrected chi connectivity index (χ2v) is 7.52. The molecule has 0 aliphatic carbocycles. The van der Waals surface area contributed by atoms with Crippen molar-refractivity contribution >= 4 is 38.9 Å². The first kappa shape index (κ1) is 15.7. The number of rotatable bonds is 4. The van der Waals surface area contributed by atoms with E-state index in [9.17, 15) is 4.79 Å². The van der Waals surface area contributed by atoms with Gasteiger partial charge in [-0.15, -0.1) is 11.3 Å². The number of halogens is 1. The minimum atomic E-state index is 0.0666. The Balaban J connectivity index is 1.46. The zero-order valence-corrected chi connectivity index (χ0v) is 14.7. The summed E-state index contributed by atoms with van der Waals surface area (Å²) in [7, 11) is 0. The summed E-state index contributed by atoms with van der Waals surface area (Å²) in [5.41, 5.74) is 0.849. The van der Waals surface area contributed by atoms with E-state index >= 15 is 0 Å². The van der Waals surface area contributed by atoms with Gasteiger partial charge >= 0.3 is 0 Å². The number of carbonyl (C=O) groups is 1. The summed E-state index contributed by atoms with van der Waals surface area (Å²) >= 11 is 5.24. The fraction of sp³-hybridized carbons (Fsp3) is 0.353. The average molecular weight is 379 g/mol. The van der Waals surface area contributed by atoms with Gasteiger partial charge in [-0.3, -0.25) is 9.69 Å². The third-order valence-electron chi connectivity index (χ3n) is 4.03. The zero-order valence-electron chi connectivity index (χ0n) is 12.3. The number of thiophene rings is 1. The summed E-state index contributed by atoms with van der Waals surface area (Å²) in [5.74, 6) is 0.739. The number of amides is 1. The maximum Gasteiger partial charge on any atom is 0.238 e. The normalized spacial score (nSPS) is 16.6. The van der Waals surface area contributed by atoms with E-state index in [1.807, 2.05) is 35.6 Å². The molecule has 1 saturated heterocycles. The number of nitrogens with one attached hydrogen (secondary N) is 1. The van der Waals surface area contributed by atoms with Gasteiger partial charge in [0.15, 0.2) is 0 Å². The first-order valence-corrected chi connectivity index (χ1v) is 9.19. The fourth-order valence-electron chi connectivity index (χ4n) is 2.84. The van der Waals surface area contributed by atoms with Crippen molar-refractivity contribution < 1.29 is 4.79 Å². The highest BCUT2D eigenvalue weighted by Crippen LogP contribution is 2.30. The molecule has 3 rings (SSSR count). The number of hydrogen-bond acceptors (Lipinski definition) is 3. The number of piperidine rings is 1. The molecule has 0 atom stereocenters. The van der Waals surface area contributed by atoms with Crippen molar-refractivity contribution in [2.24, 2.45) is 0 Å². The van der Waals surface area contributed by atoms with Crippen LogP contribution in [0.3, 0.4) is 0 Å². The Morgan fingerprint density at radius 1 is 1.23 bits per heavy atom. The van der Waals surface area contributed by atoms with Gasteiger partial charge in [0.2, 0.25) is 5.91 Å². The first-order chi connectivity index (χ1) is 10.7. The molecule has 0 bridgehead atoms. The summed E-state index contributed by atoms with van der Waals surface area (Å²) in [5, 5.41) is 5.10. The van der Waals surface area contributed by atoms with Crippen molar-refractivity contribution in [3.05, 3.63) is 51.1 Å². The molecule has 0 spiro atoms. The van der Waals surface area contributed by atoms with Crippen LogP contribution in [0.1, 0.15) is 23.6 Å². The summed E-state index contributed by atoms with van der Waals surface area (Å²) in [6.07, 6.45) is 2.29. The lowest BCUT2D eigenvalue weighted by Gasteiger charge is -2.30. The lowest BCUT2D eigenvalue weighted by molar-refractivity contribution is -0.117. The highest BCUT2D eigenvalue weighted by atomic mass is 79.9. The van der Waals surface area contributed by atoms with Crippen molar-refractivity contribution in [1.82, 2.24) is 4.90 Å². The van der Waals surface area contributed by atoms with Crippen LogP contribution in [0.4, 0.5) is 5.69 Å². The van der Waals surface area contributed by atoms with E-state index in [2.05, 4.69) is 43.7 Å². The predicted octanol–water partition coefficient (Wildman–Crippen LogP) is 4.33. The van der Waals surface area contributed by atoms with Gasteiger partial charge in [-0.25, -0.2) is 0 Å². The number of nitrogens with zero attached hydrogens (tertiary/aromatic N) is 1. The molecule has 0 unspecified atom stereocenters. The first-order valence-electron chi connectivity index (χ1n) is 7.52. The Labute approximate surface area is 143 Å². The molecule has 116 valence electrons.